The van der Waals surface area contributed by atoms with Crippen LogP contribution in [-0.4, -0.2) is 21.6 Å². The largest absolute Gasteiger partial charge is 0.422 e. The molecule has 146 valence electrons. The Kier molecular flexibility index (Phi) is 4.75. The molecule has 1 aliphatic heterocycles. The summed E-state index contributed by atoms with van der Waals surface area (Å²) in [6.45, 7) is 1.38. The Labute approximate surface area is 172 Å². The van der Waals surface area contributed by atoms with E-state index in [0.29, 0.717) is 23.3 Å². The fourth-order valence-corrected chi connectivity index (χ4v) is 3.72. The highest BCUT2D eigenvalue weighted by Gasteiger charge is 2.33. The lowest BCUT2D eigenvalue weighted by Crippen LogP contribution is -2.24. The summed E-state index contributed by atoms with van der Waals surface area (Å²) in [7, 11) is 0. The molecule has 0 bridgehead atoms. The maximum absolute atomic E-state index is 12.5. The smallest absolute Gasteiger partial charge is 0.345 e. The van der Waals surface area contributed by atoms with E-state index in [-0.39, 0.29) is 17.2 Å². The van der Waals surface area contributed by atoms with E-state index in [0.717, 1.165) is 9.86 Å². The van der Waals surface area contributed by atoms with Crippen LogP contribution in [0.15, 0.2) is 67.3 Å². The molecule has 2 heterocycles. The summed E-state index contributed by atoms with van der Waals surface area (Å²) in [5, 5.41) is 17.3. The minimum Gasteiger partial charge on any atom is -0.422 e. The first-order chi connectivity index (χ1) is 13.8. The Balaban J connectivity index is 1.74. The van der Waals surface area contributed by atoms with Gasteiger partial charge in [-0.15, -0.1) is 0 Å². The summed E-state index contributed by atoms with van der Waals surface area (Å²) in [4.78, 5) is 35.0. The third kappa shape index (κ3) is 3.56. The van der Waals surface area contributed by atoms with Gasteiger partial charge in [0.25, 0.3) is 5.69 Å². The molecule has 0 spiro atoms. The molecule has 9 heteroatoms. The summed E-state index contributed by atoms with van der Waals surface area (Å²) in [6.07, 6.45) is 0.293. The zero-order valence-electron chi connectivity index (χ0n) is 15.2. The molecule has 1 aliphatic rings. The molecule has 4 rings (SSSR count). The first kappa shape index (κ1) is 19.0. The van der Waals surface area contributed by atoms with Gasteiger partial charge in [0.1, 0.15) is 5.58 Å². The minimum atomic E-state index is -0.536. The van der Waals surface area contributed by atoms with Crippen LogP contribution in [-0.2, 0) is 4.79 Å². The Morgan fingerprint density at radius 1 is 1.24 bits per heavy atom. The van der Waals surface area contributed by atoms with Crippen LogP contribution < -0.4 is 5.63 Å². The second kappa shape index (κ2) is 7.25. The number of hydrogen-bond acceptors (Lipinski definition) is 6. The normalized spacial score (nSPS) is 16.1. The molecule has 8 nitrogen and oxygen atoms in total. The quantitative estimate of drug-likeness (QED) is 0.334. The number of carbonyl (C=O) groups is 1. The number of nitro benzene ring substituents is 1. The number of carbonyl (C=O) groups excluding carboxylic acids is 1. The van der Waals surface area contributed by atoms with Gasteiger partial charge in [-0.3, -0.25) is 14.9 Å². The topological polar surface area (TPSA) is 106 Å². The predicted molar refractivity (Wildman–Crippen MR) is 110 cm³/mol. The van der Waals surface area contributed by atoms with E-state index in [1.807, 2.05) is 6.07 Å². The molecule has 1 atom stereocenters. The molecule has 1 aromatic heterocycles. The highest BCUT2D eigenvalue weighted by Crippen LogP contribution is 2.33. The van der Waals surface area contributed by atoms with Crippen molar-refractivity contribution in [3.63, 3.8) is 0 Å². The lowest BCUT2D eigenvalue weighted by Gasteiger charge is -2.20. The molecular weight excluding hydrogens is 442 g/mol. The van der Waals surface area contributed by atoms with Crippen LogP contribution in [0.25, 0.3) is 11.0 Å². The van der Waals surface area contributed by atoms with Crippen LogP contribution in [0.3, 0.4) is 0 Å². The van der Waals surface area contributed by atoms with Crippen molar-refractivity contribution in [1.29, 1.82) is 0 Å². The third-order valence-corrected chi connectivity index (χ3v) is 5.22. The number of hydrazone groups is 1. The number of fused-ring (bicyclic) bond motifs is 1. The van der Waals surface area contributed by atoms with Crippen molar-refractivity contribution < 1.29 is 14.1 Å². The van der Waals surface area contributed by atoms with Crippen LogP contribution in [0.4, 0.5) is 5.69 Å². The fourth-order valence-electron chi connectivity index (χ4n) is 3.34. The number of amides is 1. The van der Waals surface area contributed by atoms with Crippen molar-refractivity contribution >= 4 is 44.2 Å². The van der Waals surface area contributed by atoms with Crippen molar-refractivity contribution in [3.05, 3.63) is 84.7 Å². The van der Waals surface area contributed by atoms with E-state index in [4.69, 9.17) is 4.42 Å². The molecule has 0 saturated heterocycles. The second-order valence-corrected chi connectivity index (χ2v) is 7.52. The maximum Gasteiger partial charge on any atom is 0.345 e. The van der Waals surface area contributed by atoms with E-state index in [2.05, 4.69) is 21.0 Å². The third-order valence-electron chi connectivity index (χ3n) is 4.73. The molecule has 1 unspecified atom stereocenters. The van der Waals surface area contributed by atoms with Gasteiger partial charge in [0.05, 0.1) is 22.2 Å². The van der Waals surface area contributed by atoms with Gasteiger partial charge in [0.2, 0.25) is 5.91 Å². The van der Waals surface area contributed by atoms with Crippen molar-refractivity contribution in [2.24, 2.45) is 5.10 Å². The molecule has 3 aromatic rings. The monoisotopic (exact) mass is 455 g/mol. The molecule has 0 radical (unpaired) electrons. The predicted octanol–water partition coefficient (Wildman–Crippen LogP) is 4.16. The van der Waals surface area contributed by atoms with Gasteiger partial charge in [-0.25, -0.2) is 9.80 Å². The highest BCUT2D eigenvalue weighted by molar-refractivity contribution is 9.10. The molecule has 2 aromatic carbocycles. The number of halogens is 1. The first-order valence-electron chi connectivity index (χ1n) is 8.69. The van der Waals surface area contributed by atoms with Crippen molar-refractivity contribution in [3.8, 4) is 0 Å². The number of nitro groups is 1. The Bertz CT molecular complexity index is 1230. The van der Waals surface area contributed by atoms with Crippen LogP contribution >= 0.6 is 15.9 Å². The number of benzene rings is 2. The van der Waals surface area contributed by atoms with Gasteiger partial charge < -0.3 is 4.42 Å². The van der Waals surface area contributed by atoms with E-state index >= 15 is 0 Å². The lowest BCUT2D eigenvalue weighted by atomic mass is 9.98. The zero-order valence-corrected chi connectivity index (χ0v) is 16.8. The van der Waals surface area contributed by atoms with Crippen molar-refractivity contribution in [1.82, 2.24) is 5.01 Å². The summed E-state index contributed by atoms with van der Waals surface area (Å²) >= 11 is 3.39. The van der Waals surface area contributed by atoms with Gasteiger partial charge in [-0.2, -0.15) is 5.10 Å². The van der Waals surface area contributed by atoms with Crippen molar-refractivity contribution in [2.45, 2.75) is 19.4 Å². The Morgan fingerprint density at radius 3 is 2.62 bits per heavy atom. The second-order valence-electron chi connectivity index (χ2n) is 6.61. The van der Waals surface area contributed by atoms with Crippen LogP contribution in [0, 0.1) is 10.1 Å². The van der Waals surface area contributed by atoms with Crippen LogP contribution in [0.5, 0.6) is 0 Å². The molecule has 0 fully saturated rings. The maximum atomic E-state index is 12.5. The highest BCUT2D eigenvalue weighted by atomic mass is 79.9. The number of nitrogens with zero attached hydrogens (tertiary/aromatic N) is 3. The van der Waals surface area contributed by atoms with Gasteiger partial charge in [0.15, 0.2) is 0 Å². The molecular formula is C20H14BrN3O5. The van der Waals surface area contributed by atoms with Crippen molar-refractivity contribution in [2.75, 3.05) is 0 Å². The molecule has 0 aliphatic carbocycles. The average molecular weight is 456 g/mol. The summed E-state index contributed by atoms with van der Waals surface area (Å²) in [5.41, 5.74) is 1.29. The Morgan fingerprint density at radius 2 is 1.97 bits per heavy atom. The molecule has 0 N–H and O–H groups in total. The zero-order chi connectivity index (χ0) is 20.7. The number of hydrogen-bond donors (Lipinski definition) is 0. The van der Waals surface area contributed by atoms with Crippen LogP contribution in [0.1, 0.15) is 30.5 Å². The van der Waals surface area contributed by atoms with E-state index in [9.17, 15) is 19.7 Å². The van der Waals surface area contributed by atoms with Gasteiger partial charge in [-0.05, 0) is 29.8 Å². The van der Waals surface area contributed by atoms with Gasteiger partial charge in [-0.1, -0.05) is 28.1 Å². The van der Waals surface area contributed by atoms with E-state index in [1.54, 1.807) is 30.3 Å². The number of non-ortho nitro benzene ring substituents is 1. The van der Waals surface area contributed by atoms with E-state index in [1.165, 1.54) is 24.1 Å². The summed E-state index contributed by atoms with van der Waals surface area (Å²) in [6, 6.07) is 12.5. The molecule has 1 amide bonds. The SMILES string of the molecule is CC(=O)N1N=C(c2cc3cc(Br)ccc3oc2=O)CC1c1ccc([N+](=O)[O-])cc1. The van der Waals surface area contributed by atoms with E-state index < -0.39 is 16.6 Å². The standard InChI is InChI=1S/C20H14BrN3O5/c1-11(25)23-18(12-2-5-15(6-3-12)24(27)28)10-17(22-23)16-9-13-8-14(21)4-7-19(13)29-20(16)26/h2-9,18H,10H2,1H3. The molecule has 29 heavy (non-hydrogen) atoms. The van der Waals surface area contributed by atoms with Gasteiger partial charge >= 0.3 is 5.63 Å². The van der Waals surface area contributed by atoms with Gasteiger partial charge in [0, 0.05) is 35.3 Å². The van der Waals surface area contributed by atoms with Crippen LogP contribution in [0.2, 0.25) is 0 Å². The molecule has 0 saturated carbocycles. The average Bonchev–Trinajstić information content (AvgIpc) is 3.13. The Hall–Kier alpha value is -3.33. The summed E-state index contributed by atoms with van der Waals surface area (Å²) < 4.78 is 6.24. The first-order valence-corrected chi connectivity index (χ1v) is 9.48. The fraction of sp³-hybridized carbons (Fsp3) is 0.150. The number of rotatable bonds is 3. The summed E-state index contributed by atoms with van der Waals surface area (Å²) in [5.74, 6) is -0.295. The minimum absolute atomic E-state index is 0.0389. The lowest BCUT2D eigenvalue weighted by molar-refractivity contribution is -0.384.